The maximum Gasteiger partial charge on any atom is 0.228 e. The van der Waals surface area contributed by atoms with Crippen LogP contribution in [-0.4, -0.2) is 75.2 Å². The molecule has 4 rings (SSSR count). The van der Waals surface area contributed by atoms with Crippen LogP contribution in [0.15, 0.2) is 66.7 Å². The molecule has 0 N–H and O–H groups in total. The minimum atomic E-state index is -0.815. The van der Waals surface area contributed by atoms with Crippen LogP contribution in [0.3, 0.4) is 0 Å². The van der Waals surface area contributed by atoms with E-state index in [1.54, 1.807) is 72.5 Å². The Balaban J connectivity index is 1.89. The average Bonchev–Trinajstić information content (AvgIpc) is 3.03. The van der Waals surface area contributed by atoms with Crippen molar-refractivity contribution in [3.05, 3.63) is 94.8 Å². The fourth-order valence-corrected chi connectivity index (χ4v) is 6.15. The highest BCUT2D eigenvalue weighted by atomic mass is 19.1. The third-order valence-corrected chi connectivity index (χ3v) is 8.80. The Hall–Kier alpha value is -4.04. The van der Waals surface area contributed by atoms with Crippen molar-refractivity contribution in [1.29, 1.82) is 0 Å². The number of ether oxygens (including phenoxy) is 2. The van der Waals surface area contributed by atoms with Crippen LogP contribution in [0.5, 0.6) is 11.5 Å². The van der Waals surface area contributed by atoms with E-state index in [1.165, 1.54) is 20.3 Å². The summed E-state index contributed by atoms with van der Waals surface area (Å²) in [6.45, 7) is 6.38. The summed E-state index contributed by atoms with van der Waals surface area (Å²) in [5, 5.41) is 0. The Morgan fingerprint density at radius 2 is 1.36 bits per heavy atom. The number of likely N-dealkylation sites (tertiary alicyclic amines) is 1. The summed E-state index contributed by atoms with van der Waals surface area (Å²) in [6, 6.07) is 18.5. The summed E-state index contributed by atoms with van der Waals surface area (Å²) in [7, 11) is 6.97. The minimum absolute atomic E-state index is 0.1000. The van der Waals surface area contributed by atoms with Gasteiger partial charge in [-0.2, -0.15) is 0 Å². The van der Waals surface area contributed by atoms with Gasteiger partial charge in [-0.3, -0.25) is 14.4 Å². The number of benzene rings is 3. The predicted molar refractivity (Wildman–Crippen MR) is 169 cm³/mol. The topological polar surface area (TPSA) is 76.2 Å². The van der Waals surface area contributed by atoms with Gasteiger partial charge in [0.05, 0.1) is 14.2 Å². The minimum Gasteiger partial charge on any atom is -0.497 e. The number of hydrogen-bond acceptors (Lipinski definition) is 6. The van der Waals surface area contributed by atoms with Crippen molar-refractivity contribution in [1.82, 2.24) is 9.80 Å². The Morgan fingerprint density at radius 3 is 1.84 bits per heavy atom. The highest BCUT2D eigenvalue weighted by Gasteiger charge is 2.48. The number of carbonyl (C=O) groups excluding carboxylic acids is 3. The summed E-state index contributed by atoms with van der Waals surface area (Å²) in [5.74, 6) is -2.27. The van der Waals surface area contributed by atoms with Gasteiger partial charge in [-0.1, -0.05) is 50.2 Å². The fraction of sp³-hybridized carbons (Fsp3) is 0.417. The van der Waals surface area contributed by atoms with E-state index in [4.69, 9.17) is 9.47 Å². The Bertz CT molecular complexity index is 1450. The smallest absolute Gasteiger partial charge is 0.228 e. The molecule has 7 nitrogen and oxygen atoms in total. The SMILES string of the molecule is COc1cccc(C(=O)[C@H]2CN(C(=O)C(C)(C)CCN(C)C)C[C@@H](C(=O)c3cccc(OC)c3)C2c2cccc(F)c2C)c1. The third kappa shape index (κ3) is 7.02. The molecule has 0 saturated carbocycles. The highest BCUT2D eigenvalue weighted by molar-refractivity contribution is 6.03. The molecule has 1 fully saturated rings. The van der Waals surface area contributed by atoms with Gasteiger partial charge in [-0.25, -0.2) is 4.39 Å². The summed E-state index contributed by atoms with van der Waals surface area (Å²) < 4.78 is 25.9. The molecule has 1 unspecified atom stereocenters. The normalized spacial score (nSPS) is 18.7. The van der Waals surface area contributed by atoms with Crippen molar-refractivity contribution >= 4 is 17.5 Å². The van der Waals surface area contributed by atoms with Gasteiger partial charge in [0.25, 0.3) is 0 Å². The quantitative estimate of drug-likeness (QED) is 0.249. The van der Waals surface area contributed by atoms with Crippen molar-refractivity contribution in [2.24, 2.45) is 17.3 Å². The Morgan fingerprint density at radius 1 is 0.864 bits per heavy atom. The first kappa shape index (κ1) is 32.9. The third-order valence-electron chi connectivity index (χ3n) is 8.80. The molecule has 0 aromatic heterocycles. The molecule has 1 aliphatic rings. The number of ketones is 2. The highest BCUT2D eigenvalue weighted by Crippen LogP contribution is 2.44. The molecule has 3 atom stereocenters. The van der Waals surface area contributed by atoms with Crippen molar-refractivity contribution in [2.75, 3.05) is 47.9 Å². The van der Waals surface area contributed by atoms with Crippen molar-refractivity contribution in [3.63, 3.8) is 0 Å². The van der Waals surface area contributed by atoms with E-state index in [9.17, 15) is 14.4 Å². The molecule has 1 heterocycles. The van der Waals surface area contributed by atoms with Gasteiger partial charge < -0.3 is 19.3 Å². The molecule has 8 heteroatoms. The molecular weight excluding hydrogens is 559 g/mol. The second-order valence-corrected chi connectivity index (χ2v) is 12.5. The zero-order chi connectivity index (χ0) is 32.2. The van der Waals surface area contributed by atoms with E-state index in [0.29, 0.717) is 46.7 Å². The molecule has 44 heavy (non-hydrogen) atoms. The van der Waals surface area contributed by atoms with Crippen LogP contribution in [-0.2, 0) is 4.79 Å². The Kier molecular flexibility index (Phi) is 10.3. The maximum atomic E-state index is 15.1. The number of halogens is 1. The number of nitrogens with zero attached hydrogens (tertiary/aromatic N) is 2. The Labute approximate surface area is 260 Å². The number of methoxy groups -OCH3 is 2. The zero-order valence-electron chi connectivity index (χ0n) is 26.7. The first-order chi connectivity index (χ1) is 20.9. The van der Waals surface area contributed by atoms with E-state index in [-0.39, 0.29) is 30.6 Å². The number of Topliss-reactive ketones (excluding diaryl/α,β-unsaturated/α-hetero) is 2. The van der Waals surface area contributed by atoms with Gasteiger partial charge in [0.15, 0.2) is 11.6 Å². The summed E-state index contributed by atoms with van der Waals surface area (Å²) in [6.07, 6.45) is 0.602. The van der Waals surface area contributed by atoms with Crippen molar-refractivity contribution < 1.29 is 28.2 Å². The van der Waals surface area contributed by atoms with E-state index in [0.717, 1.165) is 0 Å². The van der Waals surface area contributed by atoms with E-state index in [1.807, 2.05) is 32.8 Å². The fourth-order valence-electron chi connectivity index (χ4n) is 6.15. The lowest BCUT2D eigenvalue weighted by atomic mass is 9.67. The van der Waals surface area contributed by atoms with Crippen molar-refractivity contribution in [3.8, 4) is 11.5 Å². The molecule has 1 aliphatic heterocycles. The van der Waals surface area contributed by atoms with Gasteiger partial charge in [-0.05, 0) is 75.4 Å². The van der Waals surface area contributed by atoms with Crippen LogP contribution >= 0.6 is 0 Å². The molecule has 0 aliphatic carbocycles. The second-order valence-electron chi connectivity index (χ2n) is 12.5. The van der Waals surface area contributed by atoms with Gasteiger partial charge in [0, 0.05) is 47.4 Å². The lowest BCUT2D eigenvalue weighted by Crippen LogP contribution is -2.55. The van der Waals surface area contributed by atoms with Crippen LogP contribution in [0.1, 0.15) is 58.0 Å². The van der Waals surface area contributed by atoms with Gasteiger partial charge >= 0.3 is 0 Å². The monoisotopic (exact) mass is 602 g/mol. The van der Waals surface area contributed by atoms with E-state index in [2.05, 4.69) is 0 Å². The molecule has 234 valence electrons. The molecular formula is C36H43FN2O5. The number of amides is 1. The van der Waals surface area contributed by atoms with Crippen molar-refractivity contribution in [2.45, 2.75) is 33.1 Å². The second kappa shape index (κ2) is 13.7. The zero-order valence-corrected chi connectivity index (χ0v) is 26.7. The van der Waals surface area contributed by atoms with Crippen LogP contribution < -0.4 is 9.47 Å². The maximum absolute atomic E-state index is 15.1. The molecule has 1 amide bonds. The largest absolute Gasteiger partial charge is 0.497 e. The average molecular weight is 603 g/mol. The van der Waals surface area contributed by atoms with Crippen LogP contribution in [0.2, 0.25) is 0 Å². The number of rotatable bonds is 11. The first-order valence-electron chi connectivity index (χ1n) is 14.9. The van der Waals surface area contributed by atoms with E-state index >= 15 is 4.39 Å². The lowest BCUT2D eigenvalue weighted by molar-refractivity contribution is -0.143. The van der Waals surface area contributed by atoms with Crippen LogP contribution in [0.25, 0.3) is 0 Å². The van der Waals surface area contributed by atoms with Crippen LogP contribution in [0.4, 0.5) is 4.39 Å². The summed E-state index contributed by atoms with van der Waals surface area (Å²) in [5.41, 5.74) is 1.05. The predicted octanol–water partition coefficient (Wildman–Crippen LogP) is 6.05. The van der Waals surface area contributed by atoms with Gasteiger partial charge in [0.2, 0.25) is 5.91 Å². The first-order valence-corrected chi connectivity index (χ1v) is 14.9. The lowest BCUT2D eigenvalue weighted by Gasteiger charge is -2.45. The van der Waals surface area contributed by atoms with E-state index < -0.39 is 29.0 Å². The molecule has 3 aromatic carbocycles. The molecule has 3 aromatic rings. The van der Waals surface area contributed by atoms with Crippen LogP contribution in [0, 0.1) is 30.0 Å². The summed E-state index contributed by atoms with van der Waals surface area (Å²) >= 11 is 0. The number of piperidine rings is 1. The van der Waals surface area contributed by atoms with Gasteiger partial charge in [-0.15, -0.1) is 0 Å². The summed E-state index contributed by atoms with van der Waals surface area (Å²) in [4.78, 5) is 46.8. The molecule has 0 bridgehead atoms. The molecule has 1 saturated heterocycles. The standard InChI is InChI=1S/C36H43FN2O5/c1-23-28(15-10-16-31(23)37)32-29(33(40)24-11-8-13-26(19-24)43-6)21-39(35(42)36(2,3)17-18-38(4)5)22-30(32)34(41)25-12-9-14-27(20-25)44-7/h8-16,19-20,29-30,32H,17-18,21-22H2,1-7H3/t29-,30+,32?. The number of hydrogen-bond donors (Lipinski definition) is 0. The molecule has 0 spiro atoms. The molecule has 0 radical (unpaired) electrons. The number of carbonyl (C=O) groups is 3. The van der Waals surface area contributed by atoms with Gasteiger partial charge in [0.1, 0.15) is 17.3 Å².